The fraction of sp³-hybridized carbons (Fsp3) is 0.381. The molecule has 2 N–H and O–H groups in total. The third kappa shape index (κ3) is 5.33. The third-order valence-electron chi connectivity index (χ3n) is 4.58. The van der Waals surface area contributed by atoms with Gasteiger partial charge in [-0.15, -0.1) is 0 Å². The first kappa shape index (κ1) is 20.4. The van der Waals surface area contributed by atoms with Crippen LogP contribution in [0.1, 0.15) is 30.5 Å². The Labute approximate surface area is 166 Å². The lowest BCUT2D eigenvalue weighted by atomic mass is 9.96. The number of fused-ring (bicyclic) bond motifs is 1. The van der Waals surface area contributed by atoms with Crippen LogP contribution in [0.25, 0.3) is 0 Å². The van der Waals surface area contributed by atoms with E-state index in [4.69, 9.17) is 4.74 Å². The Hall–Kier alpha value is -2.38. The van der Waals surface area contributed by atoms with Gasteiger partial charge in [-0.1, -0.05) is 42.5 Å². The summed E-state index contributed by atoms with van der Waals surface area (Å²) in [6.07, 6.45) is 0.635. The van der Waals surface area contributed by atoms with Crippen molar-refractivity contribution in [1.82, 2.24) is 10.0 Å². The van der Waals surface area contributed by atoms with Crippen LogP contribution in [0.2, 0.25) is 0 Å². The molecule has 28 heavy (non-hydrogen) atoms. The molecular formula is C21H26N2O4S. The van der Waals surface area contributed by atoms with Crippen molar-refractivity contribution in [2.45, 2.75) is 38.6 Å². The molecule has 0 aromatic heterocycles. The second-order valence-corrected chi connectivity index (χ2v) is 9.09. The second kappa shape index (κ2) is 8.75. The molecule has 1 amide bonds. The van der Waals surface area contributed by atoms with Crippen LogP contribution in [0.15, 0.2) is 48.5 Å². The van der Waals surface area contributed by atoms with E-state index in [1.165, 1.54) is 0 Å². The molecule has 3 rings (SSSR count). The summed E-state index contributed by atoms with van der Waals surface area (Å²) in [5.41, 5.74) is 2.50. The lowest BCUT2D eigenvalue weighted by molar-refractivity contribution is -0.126. The first-order valence-corrected chi connectivity index (χ1v) is 11.0. The van der Waals surface area contributed by atoms with Crippen molar-refractivity contribution < 1.29 is 17.9 Å². The van der Waals surface area contributed by atoms with Gasteiger partial charge in [-0.25, -0.2) is 13.1 Å². The van der Waals surface area contributed by atoms with Crippen LogP contribution in [0.4, 0.5) is 0 Å². The minimum absolute atomic E-state index is 0.0903. The van der Waals surface area contributed by atoms with Crippen molar-refractivity contribution in [2.24, 2.45) is 5.92 Å². The number of ether oxygens (including phenoxy) is 1. The van der Waals surface area contributed by atoms with Crippen LogP contribution in [-0.4, -0.2) is 27.0 Å². The molecule has 0 fully saturated rings. The van der Waals surface area contributed by atoms with Gasteiger partial charge in [0.1, 0.15) is 12.4 Å². The Balaban J connectivity index is 1.63. The normalized spacial score (nSPS) is 16.3. The Morgan fingerprint density at radius 1 is 1.11 bits per heavy atom. The molecule has 7 heteroatoms. The van der Waals surface area contributed by atoms with Crippen molar-refractivity contribution in [3.05, 3.63) is 65.2 Å². The summed E-state index contributed by atoms with van der Waals surface area (Å²) < 4.78 is 32.8. The lowest BCUT2D eigenvalue weighted by Crippen LogP contribution is -2.37. The molecule has 1 atom stereocenters. The number of benzene rings is 2. The minimum atomic E-state index is -3.43. The molecule has 2 aromatic rings. The van der Waals surface area contributed by atoms with Crippen LogP contribution >= 0.6 is 0 Å². The van der Waals surface area contributed by atoms with Gasteiger partial charge < -0.3 is 10.1 Å². The van der Waals surface area contributed by atoms with Gasteiger partial charge in [0.2, 0.25) is 15.9 Å². The fourth-order valence-corrected chi connectivity index (χ4v) is 4.79. The highest BCUT2D eigenvalue weighted by atomic mass is 32.2. The number of carbonyl (C=O) groups excluding carboxylic acids is 1. The summed E-state index contributed by atoms with van der Waals surface area (Å²) in [5, 5.41) is 2.93. The van der Waals surface area contributed by atoms with Gasteiger partial charge in [-0.3, -0.25) is 4.79 Å². The Morgan fingerprint density at radius 3 is 2.54 bits per heavy atom. The number of amides is 1. The van der Waals surface area contributed by atoms with E-state index in [2.05, 4.69) is 10.0 Å². The molecule has 0 bridgehead atoms. The van der Waals surface area contributed by atoms with Gasteiger partial charge in [0.15, 0.2) is 0 Å². The zero-order valence-electron chi connectivity index (χ0n) is 16.1. The summed E-state index contributed by atoms with van der Waals surface area (Å²) in [5.74, 6) is 0.373. The number of hydrogen-bond acceptors (Lipinski definition) is 4. The maximum Gasteiger partial charge on any atom is 0.227 e. The molecule has 1 heterocycles. The molecule has 0 radical (unpaired) electrons. The molecule has 0 aliphatic carbocycles. The Kier molecular flexibility index (Phi) is 6.36. The fourth-order valence-electron chi connectivity index (χ4n) is 3.30. The van der Waals surface area contributed by atoms with E-state index in [9.17, 15) is 13.2 Å². The van der Waals surface area contributed by atoms with Gasteiger partial charge >= 0.3 is 0 Å². The van der Waals surface area contributed by atoms with Gasteiger partial charge in [-0.2, -0.15) is 0 Å². The van der Waals surface area contributed by atoms with E-state index in [0.29, 0.717) is 18.6 Å². The zero-order valence-corrected chi connectivity index (χ0v) is 17.0. The molecule has 0 saturated heterocycles. The summed E-state index contributed by atoms with van der Waals surface area (Å²) in [7, 11) is -3.43. The summed E-state index contributed by atoms with van der Waals surface area (Å²) in [4.78, 5) is 12.6. The summed E-state index contributed by atoms with van der Waals surface area (Å²) >= 11 is 0. The van der Waals surface area contributed by atoms with Crippen LogP contribution in [0.3, 0.4) is 0 Å². The molecule has 1 aliphatic heterocycles. The maximum atomic E-state index is 12.6. The molecule has 1 unspecified atom stereocenters. The first-order valence-electron chi connectivity index (χ1n) is 9.39. The molecule has 1 aliphatic rings. The van der Waals surface area contributed by atoms with Crippen molar-refractivity contribution >= 4 is 15.9 Å². The van der Waals surface area contributed by atoms with Crippen molar-refractivity contribution in [3.63, 3.8) is 0 Å². The predicted molar refractivity (Wildman–Crippen MR) is 108 cm³/mol. The first-order chi connectivity index (χ1) is 13.3. The van der Waals surface area contributed by atoms with E-state index >= 15 is 0 Å². The standard InChI is InChI=1S/C21H26N2O4S/c1-15(2)23-28(25,26)14-18-9-4-3-8-17(18)12-22-21(24)19-11-16-7-5-6-10-20(16)27-13-19/h3-10,15,19,23H,11-14H2,1-2H3,(H,22,24). The average molecular weight is 403 g/mol. The van der Waals surface area contributed by atoms with E-state index in [-0.39, 0.29) is 30.2 Å². The van der Waals surface area contributed by atoms with Crippen LogP contribution in [-0.2, 0) is 33.5 Å². The minimum Gasteiger partial charge on any atom is -0.492 e. The predicted octanol–water partition coefficient (Wildman–Crippen LogP) is 2.38. The molecule has 2 aromatic carbocycles. The monoisotopic (exact) mass is 402 g/mol. The van der Waals surface area contributed by atoms with Crippen LogP contribution in [0, 0.1) is 5.92 Å². The molecular weight excluding hydrogens is 376 g/mol. The number of hydrogen-bond donors (Lipinski definition) is 2. The van der Waals surface area contributed by atoms with Gasteiger partial charge in [0, 0.05) is 12.6 Å². The smallest absolute Gasteiger partial charge is 0.227 e. The van der Waals surface area contributed by atoms with Crippen molar-refractivity contribution in [2.75, 3.05) is 6.61 Å². The van der Waals surface area contributed by atoms with Gasteiger partial charge in [-0.05, 0) is 43.0 Å². The second-order valence-electron chi connectivity index (χ2n) is 7.34. The Morgan fingerprint density at radius 2 is 1.79 bits per heavy atom. The summed E-state index contributed by atoms with van der Waals surface area (Å²) in [6.45, 7) is 4.20. The SMILES string of the molecule is CC(C)NS(=O)(=O)Cc1ccccc1CNC(=O)C1COc2ccccc2C1. The number of para-hydroxylation sites is 1. The van der Waals surface area contributed by atoms with Crippen LogP contribution < -0.4 is 14.8 Å². The number of carbonyl (C=O) groups is 1. The highest BCUT2D eigenvalue weighted by Gasteiger charge is 2.25. The lowest BCUT2D eigenvalue weighted by Gasteiger charge is -2.24. The topological polar surface area (TPSA) is 84.5 Å². The number of sulfonamides is 1. The van der Waals surface area contributed by atoms with Crippen molar-refractivity contribution in [1.29, 1.82) is 0 Å². The van der Waals surface area contributed by atoms with Gasteiger partial charge in [0.05, 0.1) is 11.7 Å². The maximum absolute atomic E-state index is 12.6. The summed E-state index contributed by atoms with van der Waals surface area (Å²) in [6, 6.07) is 14.8. The number of rotatable bonds is 7. The highest BCUT2D eigenvalue weighted by molar-refractivity contribution is 7.88. The van der Waals surface area contributed by atoms with E-state index in [1.54, 1.807) is 26.0 Å². The third-order valence-corrected chi connectivity index (χ3v) is 6.10. The van der Waals surface area contributed by atoms with E-state index in [1.807, 2.05) is 36.4 Å². The molecule has 0 spiro atoms. The Bertz CT molecular complexity index is 941. The highest BCUT2D eigenvalue weighted by Crippen LogP contribution is 2.26. The molecule has 0 saturated carbocycles. The van der Waals surface area contributed by atoms with Crippen LogP contribution in [0.5, 0.6) is 5.75 Å². The zero-order chi connectivity index (χ0) is 20.1. The quantitative estimate of drug-likeness (QED) is 0.745. The number of nitrogens with one attached hydrogen (secondary N) is 2. The molecule has 150 valence electrons. The molecule has 6 nitrogen and oxygen atoms in total. The van der Waals surface area contributed by atoms with Gasteiger partial charge in [0.25, 0.3) is 0 Å². The van der Waals surface area contributed by atoms with E-state index < -0.39 is 10.0 Å². The largest absolute Gasteiger partial charge is 0.492 e. The van der Waals surface area contributed by atoms with E-state index in [0.717, 1.165) is 16.9 Å². The van der Waals surface area contributed by atoms with Crippen molar-refractivity contribution in [3.8, 4) is 5.75 Å². The average Bonchev–Trinajstić information content (AvgIpc) is 2.65.